The van der Waals surface area contributed by atoms with Gasteiger partial charge in [-0.05, 0) is 48.5 Å². The molecule has 1 heterocycles. The molecule has 3 aromatic rings. The molecule has 3 aromatic carbocycles. The van der Waals surface area contributed by atoms with Gasteiger partial charge in [0.1, 0.15) is 18.1 Å². The van der Waals surface area contributed by atoms with Gasteiger partial charge < -0.3 is 19.7 Å². The van der Waals surface area contributed by atoms with Crippen LogP contribution in [0.4, 0.5) is 11.4 Å². The van der Waals surface area contributed by atoms with E-state index in [1.165, 1.54) is 0 Å². The first kappa shape index (κ1) is 19.8. The van der Waals surface area contributed by atoms with Crippen LogP contribution in [0.5, 0.6) is 11.5 Å². The summed E-state index contributed by atoms with van der Waals surface area (Å²) in [6, 6.07) is 21.3. The van der Waals surface area contributed by atoms with E-state index in [4.69, 9.17) is 21.1 Å². The Balaban J connectivity index is 1.49. The highest BCUT2D eigenvalue weighted by Gasteiger charge is 2.26. The van der Waals surface area contributed by atoms with E-state index in [1.54, 1.807) is 47.4 Å². The molecule has 0 atom stereocenters. The van der Waals surface area contributed by atoms with Crippen molar-refractivity contribution in [1.82, 2.24) is 0 Å². The van der Waals surface area contributed by atoms with Crippen LogP contribution in [0.2, 0.25) is 5.02 Å². The van der Waals surface area contributed by atoms with Gasteiger partial charge in [-0.25, -0.2) is 0 Å². The fourth-order valence-electron chi connectivity index (χ4n) is 3.13. The number of anilines is 2. The third-order valence-corrected chi connectivity index (χ3v) is 4.81. The molecule has 0 spiro atoms. The molecular formula is C23H19ClN2O4. The summed E-state index contributed by atoms with van der Waals surface area (Å²) in [6.07, 6.45) is 0. The van der Waals surface area contributed by atoms with E-state index in [0.29, 0.717) is 40.9 Å². The minimum Gasteiger partial charge on any atom is -0.492 e. The molecule has 2 amide bonds. The number of para-hydroxylation sites is 1. The van der Waals surface area contributed by atoms with Crippen molar-refractivity contribution in [3.8, 4) is 11.5 Å². The second kappa shape index (κ2) is 8.88. The molecule has 0 saturated carbocycles. The highest BCUT2D eigenvalue weighted by Crippen LogP contribution is 2.34. The predicted octanol–water partition coefficient (Wildman–Crippen LogP) is 4.40. The van der Waals surface area contributed by atoms with E-state index < -0.39 is 0 Å². The summed E-state index contributed by atoms with van der Waals surface area (Å²) in [5, 5.41) is 3.31. The third-order valence-electron chi connectivity index (χ3n) is 4.57. The lowest BCUT2D eigenvalue weighted by molar-refractivity contribution is -0.121. The zero-order chi connectivity index (χ0) is 20.9. The Morgan fingerprint density at radius 2 is 1.90 bits per heavy atom. The summed E-state index contributed by atoms with van der Waals surface area (Å²) in [5.41, 5.74) is 1.58. The molecule has 1 N–H and O–H groups in total. The number of ether oxygens (including phenoxy) is 2. The van der Waals surface area contributed by atoms with Crippen molar-refractivity contribution < 1.29 is 19.1 Å². The Morgan fingerprint density at radius 1 is 1.07 bits per heavy atom. The van der Waals surface area contributed by atoms with Gasteiger partial charge in [0.25, 0.3) is 11.8 Å². The Labute approximate surface area is 179 Å². The maximum atomic E-state index is 12.5. The zero-order valence-electron chi connectivity index (χ0n) is 16.0. The molecule has 30 heavy (non-hydrogen) atoms. The van der Waals surface area contributed by atoms with Crippen molar-refractivity contribution in [2.45, 2.75) is 0 Å². The summed E-state index contributed by atoms with van der Waals surface area (Å²) in [6.45, 7) is 0.649. The third kappa shape index (κ3) is 4.55. The standard InChI is InChI=1S/C23H19ClN2O4/c24-17-6-4-5-16(13-17)23(28)25-18-9-10-21-20(14-18)26(22(27)15-30-21)11-12-29-19-7-2-1-3-8-19/h1-10,13-14H,11-12,15H2,(H,25,28). The predicted molar refractivity (Wildman–Crippen MR) is 116 cm³/mol. The van der Waals surface area contributed by atoms with E-state index in [0.717, 1.165) is 5.75 Å². The van der Waals surface area contributed by atoms with Crippen molar-refractivity contribution >= 4 is 34.8 Å². The van der Waals surface area contributed by atoms with Crippen LogP contribution in [0, 0.1) is 0 Å². The lowest BCUT2D eigenvalue weighted by Gasteiger charge is -2.29. The number of rotatable bonds is 6. The highest BCUT2D eigenvalue weighted by atomic mass is 35.5. The van der Waals surface area contributed by atoms with Crippen molar-refractivity contribution in [2.75, 3.05) is 30.0 Å². The average molecular weight is 423 g/mol. The van der Waals surface area contributed by atoms with Gasteiger partial charge in [-0.15, -0.1) is 0 Å². The number of benzene rings is 3. The molecule has 0 radical (unpaired) electrons. The molecule has 4 rings (SSSR count). The van der Waals surface area contributed by atoms with Crippen LogP contribution < -0.4 is 19.7 Å². The first-order chi connectivity index (χ1) is 14.6. The zero-order valence-corrected chi connectivity index (χ0v) is 16.8. The normalized spacial score (nSPS) is 12.7. The monoisotopic (exact) mass is 422 g/mol. The minimum absolute atomic E-state index is 0.0352. The Morgan fingerprint density at radius 3 is 2.70 bits per heavy atom. The van der Waals surface area contributed by atoms with Gasteiger partial charge in [0.05, 0.1) is 12.2 Å². The van der Waals surface area contributed by atoms with E-state index in [1.807, 2.05) is 30.3 Å². The molecule has 6 nitrogen and oxygen atoms in total. The number of amides is 2. The van der Waals surface area contributed by atoms with Gasteiger partial charge in [0, 0.05) is 16.3 Å². The van der Waals surface area contributed by atoms with Crippen LogP contribution in [-0.4, -0.2) is 31.6 Å². The quantitative estimate of drug-likeness (QED) is 0.639. The van der Waals surface area contributed by atoms with Crippen molar-refractivity contribution in [1.29, 1.82) is 0 Å². The van der Waals surface area contributed by atoms with Crippen molar-refractivity contribution in [3.63, 3.8) is 0 Å². The molecule has 0 aromatic heterocycles. The van der Waals surface area contributed by atoms with E-state index >= 15 is 0 Å². The van der Waals surface area contributed by atoms with Crippen LogP contribution in [0.3, 0.4) is 0 Å². The minimum atomic E-state index is -0.292. The fraction of sp³-hybridized carbons (Fsp3) is 0.130. The van der Waals surface area contributed by atoms with Crippen LogP contribution >= 0.6 is 11.6 Å². The van der Waals surface area contributed by atoms with Crippen LogP contribution in [0.15, 0.2) is 72.8 Å². The van der Waals surface area contributed by atoms with E-state index in [9.17, 15) is 9.59 Å². The topological polar surface area (TPSA) is 67.9 Å². The maximum Gasteiger partial charge on any atom is 0.265 e. The van der Waals surface area contributed by atoms with Crippen molar-refractivity contribution in [3.05, 3.63) is 83.4 Å². The lowest BCUT2D eigenvalue weighted by atomic mass is 10.1. The summed E-state index contributed by atoms with van der Waals surface area (Å²) in [7, 11) is 0. The molecule has 1 aliphatic heterocycles. The number of hydrogen-bond donors (Lipinski definition) is 1. The molecule has 0 saturated heterocycles. The molecule has 0 aliphatic carbocycles. The van der Waals surface area contributed by atoms with Gasteiger partial charge in [-0.3, -0.25) is 9.59 Å². The van der Waals surface area contributed by atoms with Gasteiger partial charge in [-0.2, -0.15) is 0 Å². The molecule has 0 fully saturated rings. The molecule has 0 unspecified atom stereocenters. The number of carbonyl (C=O) groups excluding carboxylic acids is 2. The number of fused-ring (bicyclic) bond motifs is 1. The van der Waals surface area contributed by atoms with Gasteiger partial charge >= 0.3 is 0 Å². The Kier molecular flexibility index (Phi) is 5.86. The van der Waals surface area contributed by atoms with Crippen LogP contribution in [0.25, 0.3) is 0 Å². The number of halogens is 1. The second-order valence-corrected chi connectivity index (χ2v) is 7.08. The number of nitrogens with one attached hydrogen (secondary N) is 1. The average Bonchev–Trinajstić information content (AvgIpc) is 2.76. The molecular weight excluding hydrogens is 404 g/mol. The van der Waals surface area contributed by atoms with Gasteiger partial charge in [-0.1, -0.05) is 35.9 Å². The largest absolute Gasteiger partial charge is 0.492 e. The summed E-state index contributed by atoms with van der Waals surface area (Å²) < 4.78 is 11.2. The summed E-state index contributed by atoms with van der Waals surface area (Å²) >= 11 is 5.96. The van der Waals surface area contributed by atoms with Crippen LogP contribution in [0.1, 0.15) is 10.4 Å². The SMILES string of the molecule is O=C(Nc1ccc2c(c1)N(CCOc1ccccc1)C(=O)CO2)c1cccc(Cl)c1. The first-order valence-corrected chi connectivity index (χ1v) is 9.80. The summed E-state index contributed by atoms with van der Waals surface area (Å²) in [4.78, 5) is 26.6. The molecule has 1 aliphatic rings. The fourth-order valence-corrected chi connectivity index (χ4v) is 3.32. The highest BCUT2D eigenvalue weighted by molar-refractivity contribution is 6.31. The molecule has 7 heteroatoms. The maximum absolute atomic E-state index is 12.5. The number of carbonyl (C=O) groups is 2. The lowest BCUT2D eigenvalue weighted by Crippen LogP contribution is -2.41. The van der Waals surface area contributed by atoms with Gasteiger partial charge in [0.15, 0.2) is 6.61 Å². The van der Waals surface area contributed by atoms with E-state index in [-0.39, 0.29) is 18.4 Å². The summed E-state index contributed by atoms with van der Waals surface area (Å²) in [5.74, 6) is 0.855. The number of nitrogens with zero attached hydrogens (tertiary/aromatic N) is 1. The molecule has 0 bridgehead atoms. The Bertz CT molecular complexity index is 1070. The van der Waals surface area contributed by atoms with Crippen molar-refractivity contribution in [2.24, 2.45) is 0 Å². The van der Waals surface area contributed by atoms with E-state index in [2.05, 4.69) is 5.32 Å². The second-order valence-electron chi connectivity index (χ2n) is 6.64. The van der Waals surface area contributed by atoms with Crippen LogP contribution in [-0.2, 0) is 4.79 Å². The molecule has 152 valence electrons. The Hall–Kier alpha value is -3.51. The first-order valence-electron chi connectivity index (χ1n) is 9.42. The smallest absolute Gasteiger partial charge is 0.265 e. The van der Waals surface area contributed by atoms with Gasteiger partial charge in [0.2, 0.25) is 0 Å². The number of hydrogen-bond acceptors (Lipinski definition) is 4.